The molecule has 0 bridgehead atoms. The van der Waals surface area contributed by atoms with Crippen LogP contribution in [0.4, 0.5) is 5.82 Å². The van der Waals surface area contributed by atoms with Gasteiger partial charge in [-0.1, -0.05) is 12.1 Å². The fraction of sp³-hybridized carbons (Fsp3) is 0.235. The molecule has 118 valence electrons. The van der Waals surface area contributed by atoms with Crippen LogP contribution in [0, 0.1) is 5.41 Å². The van der Waals surface area contributed by atoms with Crippen molar-refractivity contribution in [2.45, 2.75) is 13.8 Å². The average Bonchev–Trinajstić information content (AvgIpc) is 3.06. The first kappa shape index (κ1) is 15.4. The number of carbonyl (C=O) groups excluding carboxylic acids is 1. The van der Waals surface area contributed by atoms with E-state index in [2.05, 4.69) is 15.3 Å². The van der Waals surface area contributed by atoms with Crippen molar-refractivity contribution in [1.29, 1.82) is 0 Å². The number of hydrogen-bond donors (Lipinski definition) is 2. The summed E-state index contributed by atoms with van der Waals surface area (Å²) in [6, 6.07) is 9.81. The number of hydrogen-bond acceptors (Lipinski definition) is 5. The van der Waals surface area contributed by atoms with E-state index >= 15 is 0 Å². The van der Waals surface area contributed by atoms with Gasteiger partial charge in [-0.15, -0.1) is 0 Å². The highest BCUT2D eigenvalue weighted by Gasteiger charge is 2.25. The lowest BCUT2D eigenvalue weighted by Gasteiger charge is -2.21. The Morgan fingerprint density at radius 3 is 2.74 bits per heavy atom. The van der Waals surface area contributed by atoms with Crippen molar-refractivity contribution in [3.63, 3.8) is 0 Å². The standard InChI is InChI=1S/C17H18N4OS/c1-17(2,16(18)22)10-19-15-12-5-3-4-6-13(12)20-14(21-15)11-7-8-23-9-11/h3-9H,10H2,1-2H3,(H2,18,22)(H,19,20,21). The normalized spacial score (nSPS) is 11.6. The van der Waals surface area contributed by atoms with Crippen LogP contribution in [-0.4, -0.2) is 22.4 Å². The molecule has 0 spiro atoms. The molecule has 0 saturated carbocycles. The van der Waals surface area contributed by atoms with Gasteiger partial charge < -0.3 is 11.1 Å². The Morgan fingerprint density at radius 1 is 1.26 bits per heavy atom. The third-order valence-corrected chi connectivity index (χ3v) is 4.43. The minimum Gasteiger partial charge on any atom is -0.369 e. The second-order valence-electron chi connectivity index (χ2n) is 6.03. The SMILES string of the molecule is CC(C)(CNc1nc(-c2ccsc2)nc2ccccc12)C(N)=O. The van der Waals surface area contributed by atoms with Gasteiger partial charge in [-0.25, -0.2) is 9.97 Å². The van der Waals surface area contributed by atoms with Gasteiger partial charge in [-0.2, -0.15) is 11.3 Å². The van der Waals surface area contributed by atoms with Gasteiger partial charge in [0.1, 0.15) is 5.82 Å². The van der Waals surface area contributed by atoms with Crippen molar-refractivity contribution < 1.29 is 4.79 Å². The number of aromatic nitrogens is 2. The third kappa shape index (κ3) is 3.17. The van der Waals surface area contributed by atoms with E-state index in [4.69, 9.17) is 5.73 Å². The van der Waals surface area contributed by atoms with Crippen LogP contribution in [-0.2, 0) is 4.79 Å². The molecular formula is C17H18N4OS. The number of thiophene rings is 1. The average molecular weight is 326 g/mol. The molecular weight excluding hydrogens is 308 g/mol. The Morgan fingerprint density at radius 2 is 2.04 bits per heavy atom. The zero-order chi connectivity index (χ0) is 16.4. The molecule has 0 saturated heterocycles. The van der Waals surface area contributed by atoms with Gasteiger partial charge in [0.15, 0.2) is 5.82 Å². The quantitative estimate of drug-likeness (QED) is 0.754. The lowest BCUT2D eigenvalue weighted by Crippen LogP contribution is -2.37. The number of rotatable bonds is 5. The van der Waals surface area contributed by atoms with E-state index in [9.17, 15) is 4.79 Å². The number of nitrogens with zero attached hydrogens (tertiary/aromatic N) is 2. The summed E-state index contributed by atoms with van der Waals surface area (Å²) in [6.45, 7) is 4.03. The van der Waals surface area contributed by atoms with Crippen molar-refractivity contribution in [3.05, 3.63) is 41.1 Å². The molecule has 1 aromatic carbocycles. The predicted octanol–water partition coefficient (Wildman–Crippen LogP) is 3.28. The van der Waals surface area contributed by atoms with Gasteiger partial charge in [0, 0.05) is 22.9 Å². The topological polar surface area (TPSA) is 80.9 Å². The number of primary amides is 1. The van der Waals surface area contributed by atoms with Gasteiger partial charge in [-0.3, -0.25) is 4.79 Å². The molecule has 2 aromatic heterocycles. The van der Waals surface area contributed by atoms with E-state index < -0.39 is 5.41 Å². The van der Waals surface area contributed by atoms with E-state index in [-0.39, 0.29) is 5.91 Å². The van der Waals surface area contributed by atoms with Crippen LogP contribution in [0.25, 0.3) is 22.3 Å². The Balaban J connectivity index is 2.02. The van der Waals surface area contributed by atoms with Gasteiger partial charge in [0.05, 0.1) is 10.9 Å². The number of para-hydroxylation sites is 1. The Labute approximate surface area is 138 Å². The van der Waals surface area contributed by atoms with E-state index in [0.29, 0.717) is 18.2 Å². The first-order valence-electron chi connectivity index (χ1n) is 7.30. The van der Waals surface area contributed by atoms with E-state index in [0.717, 1.165) is 16.5 Å². The summed E-state index contributed by atoms with van der Waals surface area (Å²) in [5.41, 5.74) is 6.63. The Bertz CT molecular complexity index is 843. The van der Waals surface area contributed by atoms with E-state index in [1.165, 1.54) is 0 Å². The molecule has 23 heavy (non-hydrogen) atoms. The van der Waals surface area contributed by atoms with Crippen molar-refractivity contribution in [1.82, 2.24) is 9.97 Å². The summed E-state index contributed by atoms with van der Waals surface area (Å²) in [5.74, 6) is 1.04. The van der Waals surface area contributed by atoms with Crippen LogP contribution >= 0.6 is 11.3 Å². The molecule has 0 unspecified atom stereocenters. The summed E-state index contributed by atoms with van der Waals surface area (Å²) >= 11 is 1.61. The Hall–Kier alpha value is -2.47. The largest absolute Gasteiger partial charge is 0.369 e. The highest BCUT2D eigenvalue weighted by atomic mass is 32.1. The smallest absolute Gasteiger partial charge is 0.224 e. The zero-order valence-corrected chi connectivity index (χ0v) is 13.9. The lowest BCUT2D eigenvalue weighted by atomic mass is 9.93. The van der Waals surface area contributed by atoms with Crippen molar-refractivity contribution in [3.8, 4) is 11.4 Å². The summed E-state index contributed by atoms with van der Waals surface area (Å²) < 4.78 is 0. The fourth-order valence-electron chi connectivity index (χ4n) is 2.12. The monoisotopic (exact) mass is 326 g/mol. The second-order valence-corrected chi connectivity index (χ2v) is 6.81. The van der Waals surface area contributed by atoms with Crippen molar-refractivity contribution >= 4 is 34.0 Å². The number of benzene rings is 1. The molecule has 0 atom stereocenters. The number of fused-ring (bicyclic) bond motifs is 1. The van der Waals surface area contributed by atoms with Crippen LogP contribution < -0.4 is 11.1 Å². The maximum atomic E-state index is 11.5. The molecule has 3 rings (SSSR count). The molecule has 0 aliphatic rings. The molecule has 5 nitrogen and oxygen atoms in total. The summed E-state index contributed by atoms with van der Waals surface area (Å²) in [5, 5.41) is 8.20. The number of nitrogens with two attached hydrogens (primary N) is 1. The number of nitrogens with one attached hydrogen (secondary N) is 1. The van der Waals surface area contributed by atoms with Gasteiger partial charge in [0.25, 0.3) is 0 Å². The highest BCUT2D eigenvalue weighted by molar-refractivity contribution is 7.08. The Kier molecular flexibility index (Phi) is 4.00. The fourth-order valence-corrected chi connectivity index (χ4v) is 2.76. The van der Waals surface area contributed by atoms with Crippen LogP contribution in [0.3, 0.4) is 0 Å². The molecule has 0 radical (unpaired) electrons. The molecule has 0 aliphatic heterocycles. The molecule has 2 heterocycles. The van der Waals surface area contributed by atoms with Crippen LogP contribution in [0.5, 0.6) is 0 Å². The minimum atomic E-state index is -0.658. The van der Waals surface area contributed by atoms with Crippen LogP contribution in [0.15, 0.2) is 41.1 Å². The lowest BCUT2D eigenvalue weighted by molar-refractivity contribution is -0.125. The van der Waals surface area contributed by atoms with Crippen molar-refractivity contribution in [2.24, 2.45) is 11.1 Å². The summed E-state index contributed by atoms with van der Waals surface area (Å²) in [6.07, 6.45) is 0. The zero-order valence-electron chi connectivity index (χ0n) is 13.0. The molecule has 3 aromatic rings. The molecule has 3 N–H and O–H groups in total. The minimum absolute atomic E-state index is 0.346. The van der Waals surface area contributed by atoms with Gasteiger partial charge in [-0.05, 0) is 37.4 Å². The first-order chi connectivity index (χ1) is 11.0. The van der Waals surface area contributed by atoms with Gasteiger partial charge in [0.2, 0.25) is 5.91 Å². The third-order valence-electron chi connectivity index (χ3n) is 3.75. The maximum absolute atomic E-state index is 11.5. The molecule has 1 amide bonds. The van der Waals surface area contributed by atoms with E-state index in [1.807, 2.05) is 54.9 Å². The molecule has 0 fully saturated rings. The summed E-state index contributed by atoms with van der Waals surface area (Å²) in [7, 11) is 0. The van der Waals surface area contributed by atoms with E-state index in [1.54, 1.807) is 11.3 Å². The van der Waals surface area contributed by atoms with Crippen LogP contribution in [0.1, 0.15) is 13.8 Å². The summed E-state index contributed by atoms with van der Waals surface area (Å²) in [4.78, 5) is 20.8. The van der Waals surface area contributed by atoms with Crippen LogP contribution in [0.2, 0.25) is 0 Å². The number of amides is 1. The number of anilines is 1. The molecule has 6 heteroatoms. The molecule has 0 aliphatic carbocycles. The first-order valence-corrected chi connectivity index (χ1v) is 8.25. The van der Waals surface area contributed by atoms with Crippen molar-refractivity contribution in [2.75, 3.05) is 11.9 Å². The highest BCUT2D eigenvalue weighted by Crippen LogP contribution is 2.27. The maximum Gasteiger partial charge on any atom is 0.224 e. The number of carbonyl (C=O) groups is 1. The van der Waals surface area contributed by atoms with Gasteiger partial charge >= 0.3 is 0 Å². The predicted molar refractivity (Wildman–Crippen MR) is 94.3 cm³/mol. The second kappa shape index (κ2) is 5.96.